The molecule has 0 fully saturated rings. The lowest BCUT2D eigenvalue weighted by Crippen LogP contribution is -2.22. The summed E-state index contributed by atoms with van der Waals surface area (Å²) in [6.45, 7) is 1.76. The van der Waals surface area contributed by atoms with Crippen LogP contribution in [-0.4, -0.2) is 22.4 Å². The number of carbonyl (C=O) groups excluding carboxylic acids is 2. The van der Waals surface area contributed by atoms with Crippen LogP contribution in [0.3, 0.4) is 0 Å². The number of nitro groups is 1. The zero-order chi connectivity index (χ0) is 28.2. The molecule has 4 aromatic rings. The highest BCUT2D eigenvalue weighted by atomic mass is 35.5. The second-order valence-electron chi connectivity index (χ2n) is 9.02. The average Bonchev–Trinajstić information content (AvgIpc) is 3.30. The number of fused-ring (bicyclic) bond motifs is 1. The smallest absolute Gasteiger partial charge is 0.291 e. The molecule has 10 nitrogen and oxygen atoms in total. The van der Waals surface area contributed by atoms with Crippen molar-refractivity contribution in [1.82, 2.24) is 5.43 Å². The first-order chi connectivity index (χ1) is 19.3. The fourth-order valence-corrected chi connectivity index (χ4v) is 4.58. The Bertz CT molecular complexity index is 1630. The van der Waals surface area contributed by atoms with E-state index in [2.05, 4.69) is 15.8 Å². The van der Waals surface area contributed by atoms with E-state index in [1.165, 1.54) is 12.1 Å². The quantitative estimate of drug-likeness (QED) is 0.192. The molecule has 11 heteroatoms. The van der Waals surface area contributed by atoms with Gasteiger partial charge in [0.25, 0.3) is 17.5 Å². The maximum atomic E-state index is 13.1. The molecule has 1 aliphatic rings. The molecule has 2 N–H and O–H groups in total. The number of furan rings is 1. The third kappa shape index (κ3) is 5.71. The Kier molecular flexibility index (Phi) is 7.61. The minimum Gasteiger partial charge on any atom is -0.457 e. The van der Waals surface area contributed by atoms with Crippen molar-refractivity contribution in [2.45, 2.75) is 26.2 Å². The molecule has 0 saturated heterocycles. The molecule has 0 saturated carbocycles. The number of nitrogens with one attached hydrogen (secondary N) is 2. The zero-order valence-corrected chi connectivity index (χ0v) is 22.0. The first kappa shape index (κ1) is 26.6. The third-order valence-electron chi connectivity index (χ3n) is 6.32. The number of aryl methyl sites for hydroxylation is 1. The lowest BCUT2D eigenvalue weighted by Gasteiger charge is -2.13. The molecule has 1 aliphatic carbocycles. The summed E-state index contributed by atoms with van der Waals surface area (Å²) in [5.41, 5.74) is 4.52. The molecule has 0 aliphatic heterocycles. The van der Waals surface area contributed by atoms with E-state index in [0.717, 1.165) is 6.07 Å². The number of hydrogen-bond donors (Lipinski definition) is 2. The monoisotopic (exact) mass is 558 g/mol. The zero-order valence-electron chi connectivity index (χ0n) is 21.3. The van der Waals surface area contributed by atoms with E-state index >= 15 is 0 Å². The molecule has 1 heterocycles. The van der Waals surface area contributed by atoms with E-state index < -0.39 is 16.7 Å². The number of amides is 2. The van der Waals surface area contributed by atoms with Crippen LogP contribution < -0.4 is 15.5 Å². The lowest BCUT2D eigenvalue weighted by atomic mass is 9.93. The fraction of sp³-hybridized carbons (Fsp3) is 0.138. The number of benzene rings is 3. The average molecular weight is 559 g/mol. The number of hydrazone groups is 1. The van der Waals surface area contributed by atoms with Gasteiger partial charge in [0.1, 0.15) is 22.3 Å². The topological polar surface area (TPSA) is 136 Å². The van der Waals surface area contributed by atoms with Crippen molar-refractivity contribution in [2.75, 3.05) is 5.32 Å². The molecule has 0 radical (unpaired) electrons. The number of halogens is 1. The van der Waals surface area contributed by atoms with Crippen molar-refractivity contribution in [3.05, 3.63) is 116 Å². The molecule has 1 aromatic heterocycles. The molecule has 202 valence electrons. The number of para-hydroxylation sites is 1. The molecular formula is C29H23ClN4O6. The van der Waals surface area contributed by atoms with Gasteiger partial charge in [-0.15, -0.1) is 0 Å². The van der Waals surface area contributed by atoms with Gasteiger partial charge >= 0.3 is 0 Å². The van der Waals surface area contributed by atoms with Crippen molar-refractivity contribution in [3.63, 3.8) is 0 Å². The van der Waals surface area contributed by atoms with Crippen LogP contribution in [0.15, 0.2) is 82.3 Å². The summed E-state index contributed by atoms with van der Waals surface area (Å²) in [6.07, 6.45) is 1.88. The van der Waals surface area contributed by atoms with Gasteiger partial charge in [-0.25, -0.2) is 5.43 Å². The van der Waals surface area contributed by atoms with Crippen LogP contribution in [0.25, 0.3) is 0 Å². The predicted molar refractivity (Wildman–Crippen MR) is 149 cm³/mol. The first-order valence-corrected chi connectivity index (χ1v) is 12.8. The van der Waals surface area contributed by atoms with Crippen molar-refractivity contribution in [3.8, 4) is 11.5 Å². The fourth-order valence-electron chi connectivity index (χ4n) is 4.39. The van der Waals surface area contributed by atoms with Gasteiger partial charge < -0.3 is 14.5 Å². The van der Waals surface area contributed by atoms with Crippen molar-refractivity contribution in [2.24, 2.45) is 5.10 Å². The Labute approximate surface area is 233 Å². The lowest BCUT2D eigenvalue weighted by molar-refractivity contribution is -0.384. The van der Waals surface area contributed by atoms with Crippen LogP contribution in [0.5, 0.6) is 11.5 Å². The number of carbonyl (C=O) groups is 2. The van der Waals surface area contributed by atoms with E-state index in [9.17, 15) is 19.7 Å². The van der Waals surface area contributed by atoms with Gasteiger partial charge in [-0.1, -0.05) is 29.8 Å². The van der Waals surface area contributed by atoms with E-state index in [0.29, 0.717) is 59.0 Å². The number of hydrogen-bond acceptors (Lipinski definition) is 7. The summed E-state index contributed by atoms with van der Waals surface area (Å²) in [5.74, 6) is 1.06. The van der Waals surface area contributed by atoms with E-state index in [1.807, 2.05) is 30.3 Å². The standard InChI is InChI=1S/C29H23ClN4O6/c1-17-26-23(32-33-28(35)18-10-15-22(30)24(16-18)34(37)38)8-5-9-25(26)40-27(17)29(36)31-19-11-13-21(14-12-19)39-20-6-3-2-4-7-20/h2-4,6-7,10-16H,5,8-9H2,1H3,(H,31,36)(H,33,35)/b32-23+. The van der Waals surface area contributed by atoms with E-state index in [-0.39, 0.29) is 22.0 Å². The summed E-state index contributed by atoms with van der Waals surface area (Å²) in [4.78, 5) is 36.2. The number of ether oxygens (including phenoxy) is 1. The predicted octanol–water partition coefficient (Wildman–Crippen LogP) is 6.66. The second kappa shape index (κ2) is 11.4. The van der Waals surface area contributed by atoms with Gasteiger partial charge in [-0.3, -0.25) is 19.7 Å². The Hall–Kier alpha value is -4.96. The van der Waals surface area contributed by atoms with Gasteiger partial charge in [0.15, 0.2) is 5.76 Å². The molecule has 0 unspecified atom stereocenters. The first-order valence-electron chi connectivity index (χ1n) is 12.4. The SMILES string of the molecule is Cc1c(C(=O)Nc2ccc(Oc3ccccc3)cc2)oc2c1/C(=N/NC(=O)c1ccc(Cl)c([N+](=O)[O-])c1)CCC2. The second-order valence-corrected chi connectivity index (χ2v) is 9.43. The Morgan fingerprint density at radius 3 is 2.45 bits per heavy atom. The van der Waals surface area contributed by atoms with Crippen molar-refractivity contribution in [1.29, 1.82) is 0 Å². The molecule has 5 rings (SSSR count). The highest BCUT2D eigenvalue weighted by Crippen LogP contribution is 2.31. The molecule has 40 heavy (non-hydrogen) atoms. The molecule has 0 spiro atoms. The highest BCUT2D eigenvalue weighted by molar-refractivity contribution is 6.32. The van der Waals surface area contributed by atoms with E-state index in [4.69, 9.17) is 20.8 Å². The maximum Gasteiger partial charge on any atom is 0.291 e. The van der Waals surface area contributed by atoms with Crippen molar-refractivity contribution < 1.29 is 23.7 Å². The van der Waals surface area contributed by atoms with Gasteiger partial charge in [0, 0.05) is 34.9 Å². The van der Waals surface area contributed by atoms with Crippen LogP contribution in [0, 0.1) is 17.0 Å². The minimum atomic E-state index is -0.660. The number of rotatable bonds is 7. The van der Waals surface area contributed by atoms with E-state index in [1.54, 1.807) is 31.2 Å². The van der Waals surface area contributed by atoms with Gasteiger partial charge in [-0.05, 0) is 68.3 Å². The molecule has 0 atom stereocenters. The summed E-state index contributed by atoms with van der Waals surface area (Å²) >= 11 is 5.83. The van der Waals surface area contributed by atoms with Gasteiger partial charge in [-0.2, -0.15) is 5.10 Å². The highest BCUT2D eigenvalue weighted by Gasteiger charge is 2.28. The number of anilines is 1. The maximum absolute atomic E-state index is 13.1. The minimum absolute atomic E-state index is 0.0423. The summed E-state index contributed by atoms with van der Waals surface area (Å²) in [7, 11) is 0. The third-order valence-corrected chi connectivity index (χ3v) is 6.64. The molecule has 2 amide bonds. The Balaban J connectivity index is 1.30. The van der Waals surface area contributed by atoms with Gasteiger partial charge in [0.05, 0.1) is 10.6 Å². The molecular weight excluding hydrogens is 536 g/mol. The van der Waals surface area contributed by atoms with Crippen LogP contribution in [0.2, 0.25) is 5.02 Å². The Morgan fingerprint density at radius 2 is 1.73 bits per heavy atom. The molecule has 3 aromatic carbocycles. The Morgan fingerprint density at radius 1 is 1.00 bits per heavy atom. The number of nitrogens with zero attached hydrogens (tertiary/aromatic N) is 2. The summed E-state index contributed by atoms with van der Waals surface area (Å²) in [6, 6.07) is 20.1. The number of nitro benzene ring substituents is 1. The van der Waals surface area contributed by atoms with Crippen LogP contribution in [0.1, 0.15) is 50.6 Å². The normalized spacial score (nSPS) is 13.4. The molecule has 0 bridgehead atoms. The van der Waals surface area contributed by atoms with Crippen molar-refractivity contribution >= 4 is 40.5 Å². The van der Waals surface area contributed by atoms with Crippen LogP contribution in [0.4, 0.5) is 11.4 Å². The summed E-state index contributed by atoms with van der Waals surface area (Å²) < 4.78 is 11.7. The summed E-state index contributed by atoms with van der Waals surface area (Å²) in [5, 5.41) is 18.2. The van der Waals surface area contributed by atoms with Gasteiger partial charge in [0.2, 0.25) is 0 Å². The van der Waals surface area contributed by atoms with Crippen LogP contribution in [-0.2, 0) is 6.42 Å². The largest absolute Gasteiger partial charge is 0.457 e. The van der Waals surface area contributed by atoms with Crippen LogP contribution >= 0.6 is 11.6 Å².